The van der Waals surface area contributed by atoms with Crippen LogP contribution in [0.5, 0.6) is 0 Å². The topological polar surface area (TPSA) is 42.0 Å². The lowest BCUT2D eigenvalue weighted by Crippen LogP contribution is -2.07. The van der Waals surface area contributed by atoms with Crippen LogP contribution in [0.4, 0.5) is 5.13 Å². The SMILES string of the molecule is Cc1sc(NC(=O)/C=C/c2ccc(Cl)cc2)nc1-c1ccc(Br)cc1. The number of halogens is 2. The van der Waals surface area contributed by atoms with Crippen molar-refractivity contribution in [1.82, 2.24) is 4.98 Å². The van der Waals surface area contributed by atoms with E-state index in [2.05, 4.69) is 26.2 Å². The Bertz CT molecular complexity index is 918. The molecule has 0 saturated carbocycles. The highest BCUT2D eigenvalue weighted by molar-refractivity contribution is 9.10. The number of amides is 1. The summed E-state index contributed by atoms with van der Waals surface area (Å²) in [6, 6.07) is 15.2. The fourth-order valence-corrected chi connectivity index (χ4v) is 3.45. The lowest BCUT2D eigenvalue weighted by Gasteiger charge is -1.99. The first-order chi connectivity index (χ1) is 12.0. The van der Waals surface area contributed by atoms with Gasteiger partial charge in [0.2, 0.25) is 5.91 Å². The van der Waals surface area contributed by atoms with Gasteiger partial charge in [-0.15, -0.1) is 11.3 Å². The average Bonchev–Trinajstić information content (AvgIpc) is 2.95. The number of rotatable bonds is 4. The summed E-state index contributed by atoms with van der Waals surface area (Å²) in [5, 5.41) is 4.06. The van der Waals surface area contributed by atoms with Gasteiger partial charge in [-0.3, -0.25) is 10.1 Å². The van der Waals surface area contributed by atoms with E-state index in [0.29, 0.717) is 10.2 Å². The zero-order chi connectivity index (χ0) is 17.8. The quantitative estimate of drug-likeness (QED) is 0.499. The van der Waals surface area contributed by atoms with Gasteiger partial charge in [-0.2, -0.15) is 0 Å². The van der Waals surface area contributed by atoms with Crippen molar-refractivity contribution in [3.8, 4) is 11.3 Å². The fraction of sp³-hybridized carbons (Fsp3) is 0.0526. The highest BCUT2D eigenvalue weighted by Crippen LogP contribution is 2.31. The van der Waals surface area contributed by atoms with Gasteiger partial charge in [0.05, 0.1) is 5.69 Å². The van der Waals surface area contributed by atoms with Gasteiger partial charge in [0.15, 0.2) is 5.13 Å². The minimum Gasteiger partial charge on any atom is -0.298 e. The van der Waals surface area contributed by atoms with E-state index in [1.54, 1.807) is 18.2 Å². The van der Waals surface area contributed by atoms with E-state index in [4.69, 9.17) is 11.6 Å². The van der Waals surface area contributed by atoms with Gasteiger partial charge in [-0.05, 0) is 42.8 Å². The van der Waals surface area contributed by atoms with Crippen molar-refractivity contribution in [1.29, 1.82) is 0 Å². The Labute approximate surface area is 163 Å². The van der Waals surface area contributed by atoms with Crippen LogP contribution in [0.25, 0.3) is 17.3 Å². The van der Waals surface area contributed by atoms with Crippen LogP contribution in [0.1, 0.15) is 10.4 Å². The third-order valence-electron chi connectivity index (χ3n) is 3.44. The molecule has 1 aromatic heterocycles. The molecule has 0 unspecified atom stereocenters. The van der Waals surface area contributed by atoms with Crippen LogP contribution in [0.15, 0.2) is 59.1 Å². The van der Waals surface area contributed by atoms with Crippen molar-refractivity contribution < 1.29 is 4.79 Å². The minimum absolute atomic E-state index is 0.217. The molecular formula is C19H14BrClN2OS. The van der Waals surface area contributed by atoms with Gasteiger partial charge in [-0.25, -0.2) is 4.98 Å². The summed E-state index contributed by atoms with van der Waals surface area (Å²) in [4.78, 5) is 17.7. The van der Waals surface area contributed by atoms with Crippen molar-refractivity contribution >= 4 is 56.0 Å². The Morgan fingerprint density at radius 2 is 1.84 bits per heavy atom. The molecule has 1 heterocycles. The Hall–Kier alpha value is -1.95. The Morgan fingerprint density at radius 3 is 2.52 bits per heavy atom. The standard InChI is InChI=1S/C19H14BrClN2OS/c1-12-18(14-5-7-15(20)8-6-14)23-19(25-12)22-17(24)11-4-13-2-9-16(21)10-3-13/h2-11H,1H3,(H,22,23,24)/b11-4+. The van der Waals surface area contributed by atoms with E-state index in [0.717, 1.165) is 26.2 Å². The summed E-state index contributed by atoms with van der Waals surface area (Å²) in [5.74, 6) is -0.217. The highest BCUT2D eigenvalue weighted by Gasteiger charge is 2.11. The van der Waals surface area contributed by atoms with Crippen LogP contribution in [0.3, 0.4) is 0 Å². The number of nitrogens with zero attached hydrogens (tertiary/aromatic N) is 1. The number of nitrogens with one attached hydrogen (secondary N) is 1. The van der Waals surface area contributed by atoms with E-state index >= 15 is 0 Å². The van der Waals surface area contributed by atoms with E-state index in [1.807, 2.05) is 43.3 Å². The maximum Gasteiger partial charge on any atom is 0.250 e. The largest absolute Gasteiger partial charge is 0.298 e. The predicted octanol–water partition coefficient (Wildman–Crippen LogP) is 6.19. The number of hydrogen-bond donors (Lipinski definition) is 1. The van der Waals surface area contributed by atoms with Gasteiger partial charge < -0.3 is 0 Å². The first-order valence-electron chi connectivity index (χ1n) is 7.49. The van der Waals surface area contributed by atoms with Gasteiger partial charge in [-0.1, -0.05) is 51.8 Å². The van der Waals surface area contributed by atoms with Crippen LogP contribution >= 0.6 is 38.9 Å². The molecule has 0 aliphatic rings. The molecule has 0 atom stereocenters. The first-order valence-corrected chi connectivity index (χ1v) is 9.48. The van der Waals surface area contributed by atoms with Crippen molar-refractivity contribution in [2.75, 3.05) is 5.32 Å². The van der Waals surface area contributed by atoms with Gasteiger partial charge in [0.25, 0.3) is 0 Å². The van der Waals surface area contributed by atoms with Crippen molar-refractivity contribution in [3.05, 3.63) is 74.5 Å². The molecule has 3 nitrogen and oxygen atoms in total. The molecule has 1 N–H and O–H groups in total. The number of anilines is 1. The van der Waals surface area contributed by atoms with Gasteiger partial charge in [0, 0.05) is 26.0 Å². The molecule has 0 bridgehead atoms. The number of carbonyl (C=O) groups excluding carboxylic acids is 1. The second-order valence-electron chi connectivity index (χ2n) is 5.30. The number of carbonyl (C=O) groups is 1. The maximum absolute atomic E-state index is 12.1. The third kappa shape index (κ3) is 4.78. The lowest BCUT2D eigenvalue weighted by molar-refractivity contribution is -0.111. The van der Waals surface area contributed by atoms with Gasteiger partial charge in [0.1, 0.15) is 0 Å². The maximum atomic E-state index is 12.1. The van der Waals surface area contributed by atoms with E-state index in [9.17, 15) is 4.79 Å². The van der Waals surface area contributed by atoms with Crippen LogP contribution in [0, 0.1) is 6.92 Å². The number of benzene rings is 2. The van der Waals surface area contributed by atoms with Crippen molar-refractivity contribution in [2.45, 2.75) is 6.92 Å². The summed E-state index contributed by atoms with van der Waals surface area (Å²) < 4.78 is 1.02. The van der Waals surface area contributed by atoms with Crippen molar-refractivity contribution in [3.63, 3.8) is 0 Å². The van der Waals surface area contributed by atoms with Gasteiger partial charge >= 0.3 is 0 Å². The molecule has 25 heavy (non-hydrogen) atoms. The molecule has 2 aromatic carbocycles. The second-order valence-corrected chi connectivity index (χ2v) is 7.86. The summed E-state index contributed by atoms with van der Waals surface area (Å²) in [6.07, 6.45) is 3.22. The first kappa shape index (κ1) is 17.9. The highest BCUT2D eigenvalue weighted by atomic mass is 79.9. The second kappa shape index (κ2) is 7.95. The fourth-order valence-electron chi connectivity index (χ4n) is 2.22. The van der Waals surface area contributed by atoms with Crippen LogP contribution in [-0.4, -0.2) is 10.9 Å². The molecular weight excluding hydrogens is 420 g/mol. The summed E-state index contributed by atoms with van der Waals surface area (Å²) in [6.45, 7) is 1.99. The monoisotopic (exact) mass is 432 g/mol. The Morgan fingerprint density at radius 1 is 1.16 bits per heavy atom. The molecule has 1 amide bonds. The molecule has 0 spiro atoms. The lowest BCUT2D eigenvalue weighted by atomic mass is 10.1. The zero-order valence-corrected chi connectivity index (χ0v) is 16.5. The van der Waals surface area contributed by atoms with Crippen LogP contribution in [-0.2, 0) is 4.79 Å². The Kier molecular flexibility index (Phi) is 5.68. The molecule has 6 heteroatoms. The molecule has 3 aromatic rings. The van der Waals surface area contributed by atoms with Crippen LogP contribution in [0.2, 0.25) is 5.02 Å². The number of aryl methyl sites for hydroxylation is 1. The smallest absolute Gasteiger partial charge is 0.250 e. The number of aromatic nitrogens is 1. The summed E-state index contributed by atoms with van der Waals surface area (Å²) in [7, 11) is 0. The van der Waals surface area contributed by atoms with Crippen LogP contribution < -0.4 is 5.32 Å². The van der Waals surface area contributed by atoms with E-state index < -0.39 is 0 Å². The molecule has 0 aliphatic carbocycles. The molecule has 0 aliphatic heterocycles. The molecule has 0 fully saturated rings. The summed E-state index contributed by atoms with van der Waals surface area (Å²) >= 11 is 10.7. The Balaban J connectivity index is 1.70. The normalized spacial score (nSPS) is 11.0. The number of thiazole rings is 1. The predicted molar refractivity (Wildman–Crippen MR) is 109 cm³/mol. The average molecular weight is 434 g/mol. The third-order valence-corrected chi connectivity index (χ3v) is 5.11. The van der Waals surface area contributed by atoms with E-state index in [1.165, 1.54) is 17.4 Å². The molecule has 126 valence electrons. The molecule has 0 radical (unpaired) electrons. The minimum atomic E-state index is -0.217. The zero-order valence-electron chi connectivity index (χ0n) is 13.3. The van der Waals surface area contributed by atoms with Crippen molar-refractivity contribution in [2.24, 2.45) is 0 Å². The molecule has 3 rings (SSSR count). The number of hydrogen-bond acceptors (Lipinski definition) is 3. The van der Waals surface area contributed by atoms with E-state index in [-0.39, 0.29) is 5.91 Å². The summed E-state index contributed by atoms with van der Waals surface area (Å²) in [5.41, 5.74) is 2.81. The molecule has 0 saturated heterocycles.